The van der Waals surface area contributed by atoms with Gasteiger partial charge in [0.05, 0.1) is 5.92 Å². The first kappa shape index (κ1) is 20.6. The van der Waals surface area contributed by atoms with Crippen molar-refractivity contribution in [3.05, 3.63) is 24.3 Å². The third-order valence-corrected chi connectivity index (χ3v) is 4.09. The van der Waals surface area contributed by atoms with Crippen molar-refractivity contribution in [1.29, 1.82) is 0 Å². The van der Waals surface area contributed by atoms with E-state index in [9.17, 15) is 19.2 Å². The van der Waals surface area contributed by atoms with Gasteiger partial charge in [0.2, 0.25) is 0 Å². The lowest BCUT2D eigenvalue weighted by molar-refractivity contribution is -0.140. The van der Waals surface area contributed by atoms with Crippen molar-refractivity contribution in [3.63, 3.8) is 0 Å². The Morgan fingerprint density at radius 2 is 1.44 bits per heavy atom. The van der Waals surface area contributed by atoms with E-state index in [1.54, 1.807) is 0 Å². The number of amides is 2. The van der Waals surface area contributed by atoms with Crippen LogP contribution in [-0.4, -0.2) is 45.4 Å². The number of carbonyl (C=O) groups is 4. The topological polar surface area (TPSA) is 112 Å². The van der Waals surface area contributed by atoms with E-state index < -0.39 is 17.9 Å². The predicted molar refractivity (Wildman–Crippen MR) is 90.7 cm³/mol. The quantitative estimate of drug-likeness (QED) is 0.299. The minimum Gasteiger partial charge on any atom is -0.481 e. The van der Waals surface area contributed by atoms with E-state index in [1.165, 1.54) is 23.1 Å². The average molecular weight is 351 g/mol. The standard InChI is InChI=1S/C18H25NO6/c20-15-10-11-16(21)19(15)13-7-5-3-1-2-4-6-8-14(18(24)25)9-12-17(22)23/h9-12,14H,1-8,13H2,(H,22,23)(H,24,25). The molecule has 0 aliphatic carbocycles. The van der Waals surface area contributed by atoms with E-state index in [0.717, 1.165) is 51.0 Å². The molecule has 1 aliphatic rings. The van der Waals surface area contributed by atoms with Gasteiger partial charge in [0.25, 0.3) is 11.8 Å². The molecule has 0 fully saturated rings. The van der Waals surface area contributed by atoms with Crippen LogP contribution >= 0.6 is 0 Å². The number of aliphatic carboxylic acids is 2. The first-order chi connectivity index (χ1) is 11.9. The number of carboxylic acid groups (broad SMARTS) is 2. The Bertz CT molecular complexity index is 534. The number of carbonyl (C=O) groups excluding carboxylic acids is 2. The molecule has 25 heavy (non-hydrogen) atoms. The second-order valence-electron chi connectivity index (χ2n) is 6.07. The predicted octanol–water partition coefficient (Wildman–Crippen LogP) is 2.37. The number of carboxylic acids is 2. The van der Waals surface area contributed by atoms with Crippen molar-refractivity contribution in [2.24, 2.45) is 5.92 Å². The Hall–Kier alpha value is -2.44. The van der Waals surface area contributed by atoms with Crippen LogP contribution in [0.4, 0.5) is 0 Å². The molecule has 1 unspecified atom stereocenters. The Morgan fingerprint density at radius 1 is 0.920 bits per heavy atom. The van der Waals surface area contributed by atoms with Gasteiger partial charge in [-0.2, -0.15) is 0 Å². The van der Waals surface area contributed by atoms with Crippen LogP contribution in [0, 0.1) is 5.92 Å². The highest BCUT2D eigenvalue weighted by Gasteiger charge is 2.22. The molecule has 1 heterocycles. The highest BCUT2D eigenvalue weighted by Crippen LogP contribution is 2.15. The molecule has 1 atom stereocenters. The van der Waals surface area contributed by atoms with Gasteiger partial charge in [0.15, 0.2) is 0 Å². The summed E-state index contributed by atoms with van der Waals surface area (Å²) in [5.74, 6) is -3.37. The smallest absolute Gasteiger partial charge is 0.328 e. The Balaban J connectivity index is 2.02. The van der Waals surface area contributed by atoms with Crippen LogP contribution in [0.1, 0.15) is 51.4 Å². The third-order valence-electron chi connectivity index (χ3n) is 4.09. The molecule has 2 N–H and O–H groups in total. The number of hydrogen-bond acceptors (Lipinski definition) is 4. The van der Waals surface area contributed by atoms with E-state index in [4.69, 9.17) is 10.2 Å². The van der Waals surface area contributed by atoms with E-state index in [0.29, 0.717) is 13.0 Å². The molecule has 0 aromatic carbocycles. The third kappa shape index (κ3) is 8.28. The average Bonchev–Trinajstić information content (AvgIpc) is 2.86. The van der Waals surface area contributed by atoms with E-state index in [-0.39, 0.29) is 11.8 Å². The molecule has 0 saturated heterocycles. The first-order valence-electron chi connectivity index (χ1n) is 8.59. The Morgan fingerprint density at radius 3 is 1.96 bits per heavy atom. The van der Waals surface area contributed by atoms with Crippen molar-refractivity contribution in [2.75, 3.05) is 6.54 Å². The summed E-state index contributed by atoms with van der Waals surface area (Å²) in [6.07, 6.45) is 11.5. The first-order valence-corrected chi connectivity index (χ1v) is 8.59. The molecule has 7 nitrogen and oxygen atoms in total. The van der Waals surface area contributed by atoms with Crippen LogP contribution in [-0.2, 0) is 19.2 Å². The van der Waals surface area contributed by atoms with Crippen LogP contribution < -0.4 is 0 Å². The second kappa shape index (κ2) is 11.2. The Kier molecular flexibility index (Phi) is 9.21. The summed E-state index contributed by atoms with van der Waals surface area (Å²) in [7, 11) is 0. The van der Waals surface area contributed by atoms with Crippen molar-refractivity contribution in [2.45, 2.75) is 51.4 Å². The fraction of sp³-hybridized carbons (Fsp3) is 0.556. The molecule has 1 rings (SSSR count). The monoisotopic (exact) mass is 351 g/mol. The van der Waals surface area contributed by atoms with Gasteiger partial charge < -0.3 is 10.2 Å². The molecule has 0 saturated carbocycles. The molecule has 0 bridgehead atoms. The maximum atomic E-state index is 11.3. The van der Waals surface area contributed by atoms with Gasteiger partial charge in [-0.15, -0.1) is 0 Å². The van der Waals surface area contributed by atoms with Gasteiger partial charge >= 0.3 is 11.9 Å². The zero-order valence-corrected chi connectivity index (χ0v) is 14.2. The summed E-state index contributed by atoms with van der Waals surface area (Å²) < 4.78 is 0. The Labute approximate surface area is 147 Å². The normalized spacial score (nSPS) is 15.3. The highest BCUT2D eigenvalue weighted by atomic mass is 16.4. The van der Waals surface area contributed by atoms with E-state index >= 15 is 0 Å². The van der Waals surface area contributed by atoms with Gasteiger partial charge in [0, 0.05) is 24.8 Å². The summed E-state index contributed by atoms with van der Waals surface area (Å²) >= 11 is 0. The van der Waals surface area contributed by atoms with Gasteiger partial charge in [-0.3, -0.25) is 19.3 Å². The van der Waals surface area contributed by atoms with Gasteiger partial charge in [-0.25, -0.2) is 4.79 Å². The summed E-state index contributed by atoms with van der Waals surface area (Å²) in [5, 5.41) is 17.5. The maximum absolute atomic E-state index is 11.3. The summed E-state index contributed by atoms with van der Waals surface area (Å²) in [4.78, 5) is 45.4. The van der Waals surface area contributed by atoms with Gasteiger partial charge in [-0.05, 0) is 12.8 Å². The largest absolute Gasteiger partial charge is 0.481 e. The van der Waals surface area contributed by atoms with E-state index in [2.05, 4.69) is 0 Å². The fourth-order valence-corrected chi connectivity index (χ4v) is 2.67. The molecule has 0 aromatic rings. The lowest BCUT2D eigenvalue weighted by Gasteiger charge is -2.13. The molecule has 138 valence electrons. The van der Waals surface area contributed by atoms with Crippen LogP contribution in [0.15, 0.2) is 24.3 Å². The SMILES string of the molecule is O=C(O)C=CC(CCCCCCCCCN1C(=O)C=CC1=O)C(=O)O. The maximum Gasteiger partial charge on any atom is 0.328 e. The zero-order chi connectivity index (χ0) is 18.7. The lowest BCUT2D eigenvalue weighted by atomic mass is 9.99. The minimum atomic E-state index is -1.14. The fourth-order valence-electron chi connectivity index (χ4n) is 2.67. The molecule has 0 radical (unpaired) electrons. The molecule has 0 aromatic heterocycles. The second-order valence-corrected chi connectivity index (χ2v) is 6.07. The molecule has 1 aliphatic heterocycles. The van der Waals surface area contributed by atoms with Crippen LogP contribution in [0.2, 0.25) is 0 Å². The minimum absolute atomic E-state index is 0.241. The van der Waals surface area contributed by atoms with Gasteiger partial charge in [-0.1, -0.05) is 44.6 Å². The summed E-state index contributed by atoms with van der Waals surface area (Å²) in [6.45, 7) is 0.459. The zero-order valence-electron chi connectivity index (χ0n) is 14.2. The van der Waals surface area contributed by atoms with Crippen LogP contribution in [0.25, 0.3) is 0 Å². The van der Waals surface area contributed by atoms with Gasteiger partial charge in [0.1, 0.15) is 0 Å². The van der Waals surface area contributed by atoms with Crippen molar-refractivity contribution >= 4 is 23.8 Å². The molecular weight excluding hydrogens is 326 g/mol. The van der Waals surface area contributed by atoms with Crippen molar-refractivity contribution < 1.29 is 29.4 Å². The molecule has 7 heteroatoms. The molecule has 2 amide bonds. The van der Waals surface area contributed by atoms with E-state index in [1.807, 2.05) is 0 Å². The van der Waals surface area contributed by atoms with Crippen LogP contribution in [0.3, 0.4) is 0 Å². The molecular formula is C18H25NO6. The van der Waals surface area contributed by atoms with Crippen molar-refractivity contribution in [3.8, 4) is 0 Å². The molecule has 0 spiro atoms. The summed E-state index contributed by atoms with van der Waals surface area (Å²) in [5.41, 5.74) is 0. The van der Waals surface area contributed by atoms with Crippen molar-refractivity contribution in [1.82, 2.24) is 4.90 Å². The number of rotatable bonds is 13. The lowest BCUT2D eigenvalue weighted by Crippen LogP contribution is -2.30. The number of unbranched alkanes of at least 4 members (excludes halogenated alkanes) is 6. The number of nitrogens with zero attached hydrogens (tertiary/aromatic N) is 1. The number of hydrogen-bond donors (Lipinski definition) is 2. The summed E-state index contributed by atoms with van der Waals surface area (Å²) in [6, 6.07) is 0. The number of imide groups is 1. The highest BCUT2D eigenvalue weighted by molar-refractivity contribution is 6.12. The van der Waals surface area contributed by atoms with Crippen LogP contribution in [0.5, 0.6) is 0 Å².